The predicted octanol–water partition coefficient (Wildman–Crippen LogP) is 19.5. The van der Waals surface area contributed by atoms with Gasteiger partial charge in [0.15, 0.2) is 0 Å². The van der Waals surface area contributed by atoms with E-state index < -0.39 is 0 Å². The van der Waals surface area contributed by atoms with Crippen molar-refractivity contribution in [2.24, 2.45) is 0 Å². The second-order valence-electron chi connectivity index (χ2n) is 30.5. The van der Waals surface area contributed by atoms with Gasteiger partial charge < -0.3 is 14.7 Å². The minimum atomic E-state index is -0.164. The first-order chi connectivity index (χ1) is 38.0. The van der Waals surface area contributed by atoms with Gasteiger partial charge in [0, 0.05) is 56.6 Å². The molecular formula is C77H86BN3. The molecule has 0 saturated carbocycles. The van der Waals surface area contributed by atoms with E-state index in [1.165, 1.54) is 141 Å². The molecular weight excluding hydrogens is 978 g/mol. The Hall–Kier alpha value is -6.78. The zero-order valence-corrected chi connectivity index (χ0v) is 52.1. The fourth-order valence-corrected chi connectivity index (χ4v) is 15.3. The molecule has 0 radical (unpaired) electrons. The van der Waals surface area contributed by atoms with E-state index in [0.717, 1.165) is 18.5 Å². The Bertz CT molecular complexity index is 3890. The highest BCUT2D eigenvalue weighted by atomic mass is 15.2. The van der Waals surface area contributed by atoms with Crippen LogP contribution < -0.4 is 31.1 Å². The number of fused-ring (bicyclic) bond motifs is 9. The molecule has 412 valence electrons. The second-order valence-corrected chi connectivity index (χ2v) is 30.5. The Morgan fingerprint density at radius 2 is 0.889 bits per heavy atom. The maximum Gasteiger partial charge on any atom is 0.252 e. The summed E-state index contributed by atoms with van der Waals surface area (Å²) in [6.45, 7) is 43.5. The smallest absolute Gasteiger partial charge is 0.252 e. The van der Waals surface area contributed by atoms with Gasteiger partial charge in [-0.15, -0.1) is 0 Å². The van der Waals surface area contributed by atoms with E-state index in [1.54, 1.807) is 0 Å². The van der Waals surface area contributed by atoms with E-state index in [4.69, 9.17) is 0 Å². The Balaban J connectivity index is 1.15. The summed E-state index contributed by atoms with van der Waals surface area (Å²) in [6, 6.07) is 58.3. The van der Waals surface area contributed by atoms with Gasteiger partial charge in [0.2, 0.25) is 0 Å². The van der Waals surface area contributed by atoms with Crippen molar-refractivity contribution >= 4 is 74.3 Å². The Morgan fingerprint density at radius 1 is 0.395 bits per heavy atom. The summed E-state index contributed by atoms with van der Waals surface area (Å²) in [4.78, 5) is 7.94. The third-order valence-corrected chi connectivity index (χ3v) is 20.7. The van der Waals surface area contributed by atoms with Crippen molar-refractivity contribution in [2.75, 3.05) is 14.7 Å². The first-order valence-electron chi connectivity index (χ1n) is 30.5. The molecule has 0 saturated heterocycles. The maximum absolute atomic E-state index is 2.74. The van der Waals surface area contributed by atoms with Crippen molar-refractivity contribution in [3.63, 3.8) is 0 Å². The van der Waals surface area contributed by atoms with Crippen LogP contribution in [0, 0.1) is 13.8 Å². The lowest BCUT2D eigenvalue weighted by Crippen LogP contribution is -2.62. The predicted molar refractivity (Wildman–Crippen MR) is 350 cm³/mol. The standard InChI is InChI=1S/C77H86BN3/c1-47-23-19-21-25-64(47)79(65-26-22-20-24-48(65)2)53-30-34-62-66(44-53)80(51-28-32-56-55(42-51)54-31-27-49(71(3,4)5)39-58(54)77(56,17)18)68-40-50(72(6,7)8)41-69-70(68)78(62)63-45-60-61(76(15,16)38-37-75(60,13)14)46-67(63)81(69)52-29-33-57-59(43-52)74(11,12)36-35-73(57,9)10/h19-34,39-46H,35-38H2,1-18H3. The summed E-state index contributed by atoms with van der Waals surface area (Å²) in [6.07, 6.45) is 4.67. The zero-order valence-electron chi connectivity index (χ0n) is 52.1. The van der Waals surface area contributed by atoms with Crippen molar-refractivity contribution in [1.82, 2.24) is 0 Å². The second kappa shape index (κ2) is 17.6. The van der Waals surface area contributed by atoms with Crippen LogP contribution in [0.25, 0.3) is 11.1 Å². The summed E-state index contributed by atoms with van der Waals surface area (Å²) >= 11 is 0. The van der Waals surface area contributed by atoms with Crippen LogP contribution in [-0.4, -0.2) is 6.71 Å². The lowest BCUT2D eigenvalue weighted by molar-refractivity contribution is 0.332. The average molecular weight is 1060 g/mol. The summed E-state index contributed by atoms with van der Waals surface area (Å²) in [7, 11) is 0. The topological polar surface area (TPSA) is 9.72 Å². The monoisotopic (exact) mass is 1060 g/mol. The minimum Gasteiger partial charge on any atom is -0.311 e. The molecule has 0 unspecified atom stereocenters. The van der Waals surface area contributed by atoms with Gasteiger partial charge in [-0.05, 0) is 222 Å². The number of para-hydroxylation sites is 2. The largest absolute Gasteiger partial charge is 0.311 e. The van der Waals surface area contributed by atoms with Crippen LogP contribution in [0.15, 0.2) is 146 Å². The van der Waals surface area contributed by atoms with Crippen molar-refractivity contribution in [3.8, 4) is 11.1 Å². The highest BCUT2D eigenvalue weighted by Gasteiger charge is 2.48. The van der Waals surface area contributed by atoms with Gasteiger partial charge >= 0.3 is 0 Å². The minimum absolute atomic E-state index is 0.0163. The van der Waals surface area contributed by atoms with Gasteiger partial charge in [0.05, 0.1) is 0 Å². The average Bonchev–Trinajstić information content (AvgIpc) is 1.87. The molecule has 4 heteroatoms. The van der Waals surface area contributed by atoms with Crippen LogP contribution >= 0.6 is 0 Å². The fourth-order valence-electron chi connectivity index (χ4n) is 15.3. The molecule has 3 aliphatic carbocycles. The number of aryl methyl sites for hydroxylation is 2. The van der Waals surface area contributed by atoms with E-state index in [2.05, 4.69) is 285 Å². The maximum atomic E-state index is 2.74. The third kappa shape index (κ3) is 8.17. The van der Waals surface area contributed by atoms with Crippen LogP contribution in [0.3, 0.4) is 0 Å². The molecule has 0 spiro atoms. The fraction of sp³-hybridized carbons (Fsp3) is 0.377. The van der Waals surface area contributed by atoms with Crippen LogP contribution in [0.1, 0.15) is 192 Å². The summed E-state index contributed by atoms with van der Waals surface area (Å²) < 4.78 is 0. The SMILES string of the molecule is Cc1ccccc1N(c1ccc2c(c1)N(c1ccc3c(c1)-c1ccc(C(C)(C)C)cc1C3(C)C)c1cc(C(C)(C)C)cc3c1B2c1cc2c(cc1N3c1ccc3c(c1)C(C)(C)CCC3(C)C)C(C)(C)CCC2(C)C)c1ccccc1C. The Labute approximate surface area is 486 Å². The van der Waals surface area contributed by atoms with E-state index in [9.17, 15) is 0 Å². The van der Waals surface area contributed by atoms with Crippen LogP contribution in [-0.2, 0) is 37.9 Å². The molecule has 2 aliphatic heterocycles. The molecule has 13 rings (SSSR count). The molecule has 0 fully saturated rings. The summed E-state index contributed by atoms with van der Waals surface area (Å²) in [5.74, 6) is 0. The number of rotatable bonds is 5. The zero-order chi connectivity index (χ0) is 57.5. The molecule has 0 aromatic heterocycles. The van der Waals surface area contributed by atoms with Gasteiger partial charge in [0.1, 0.15) is 0 Å². The van der Waals surface area contributed by atoms with E-state index in [0.29, 0.717) is 0 Å². The third-order valence-electron chi connectivity index (χ3n) is 20.7. The molecule has 0 atom stereocenters. The number of nitrogens with zero attached hydrogens (tertiary/aromatic N) is 3. The Kier molecular flexibility index (Phi) is 11.6. The molecule has 2 heterocycles. The van der Waals surface area contributed by atoms with Gasteiger partial charge in [-0.1, -0.05) is 190 Å². The number of anilines is 9. The normalized spacial score (nSPS) is 18.2. The molecule has 0 N–H and O–H groups in total. The highest BCUT2D eigenvalue weighted by molar-refractivity contribution is 7.00. The Morgan fingerprint density at radius 3 is 1.44 bits per heavy atom. The molecule has 0 bridgehead atoms. The first-order valence-corrected chi connectivity index (χ1v) is 30.5. The highest BCUT2D eigenvalue weighted by Crippen LogP contribution is 2.56. The van der Waals surface area contributed by atoms with Crippen LogP contribution in [0.2, 0.25) is 0 Å². The molecule has 81 heavy (non-hydrogen) atoms. The van der Waals surface area contributed by atoms with Gasteiger partial charge in [-0.25, -0.2) is 0 Å². The number of hydrogen-bond donors (Lipinski definition) is 0. The molecule has 5 aliphatic rings. The van der Waals surface area contributed by atoms with Crippen molar-refractivity contribution in [1.29, 1.82) is 0 Å². The van der Waals surface area contributed by atoms with Crippen LogP contribution in [0.4, 0.5) is 51.2 Å². The lowest BCUT2D eigenvalue weighted by atomic mass is 9.33. The van der Waals surface area contributed by atoms with E-state index in [-0.39, 0.29) is 44.6 Å². The quantitative estimate of drug-likeness (QED) is 0.159. The number of benzene rings is 8. The van der Waals surface area contributed by atoms with Gasteiger partial charge in [-0.3, -0.25) is 0 Å². The van der Waals surface area contributed by atoms with E-state index >= 15 is 0 Å². The molecule has 0 amide bonds. The van der Waals surface area contributed by atoms with Gasteiger partial charge in [-0.2, -0.15) is 0 Å². The molecule has 3 nitrogen and oxygen atoms in total. The van der Waals surface area contributed by atoms with Crippen molar-refractivity contribution in [3.05, 3.63) is 201 Å². The van der Waals surface area contributed by atoms with Gasteiger partial charge in [0.25, 0.3) is 6.71 Å². The summed E-state index contributed by atoms with van der Waals surface area (Å²) in [5.41, 5.74) is 31.7. The first kappa shape index (κ1) is 53.5. The lowest BCUT2D eigenvalue weighted by Gasteiger charge is -2.48. The summed E-state index contributed by atoms with van der Waals surface area (Å²) in [5, 5.41) is 0. The molecule has 8 aromatic rings. The number of hydrogen-bond acceptors (Lipinski definition) is 3. The van der Waals surface area contributed by atoms with Crippen molar-refractivity contribution < 1.29 is 0 Å². The van der Waals surface area contributed by atoms with E-state index in [1.807, 2.05) is 0 Å². The van der Waals surface area contributed by atoms with Crippen LogP contribution in [0.5, 0.6) is 0 Å². The van der Waals surface area contributed by atoms with Crippen molar-refractivity contribution in [2.45, 2.75) is 188 Å². The molecule has 8 aromatic carbocycles.